The fourth-order valence-electron chi connectivity index (χ4n) is 6.69. The Hall–Kier alpha value is -5.08. The summed E-state index contributed by atoms with van der Waals surface area (Å²) < 4.78 is 0. The molecule has 0 amide bonds. The minimum absolute atomic E-state index is 0.327. The number of benzene rings is 5. The molecule has 7 aromatic rings. The van der Waals surface area contributed by atoms with E-state index < -0.39 is 0 Å². The van der Waals surface area contributed by atoms with E-state index in [0.29, 0.717) is 0 Å². The van der Waals surface area contributed by atoms with E-state index >= 15 is 0 Å². The largest absolute Gasteiger partial charge is 0.250 e. The van der Waals surface area contributed by atoms with E-state index in [2.05, 4.69) is 175 Å². The molecule has 46 heavy (non-hydrogen) atoms. The number of fused-ring (bicyclic) bond motifs is 3. The monoisotopic (exact) mass is 596 g/mol. The number of rotatable bonds is 6. The average Bonchev–Trinajstić information content (AvgIpc) is 3.08. The van der Waals surface area contributed by atoms with Crippen molar-refractivity contribution in [2.45, 2.75) is 52.4 Å². The Morgan fingerprint density at radius 1 is 0.413 bits per heavy atom. The van der Waals surface area contributed by atoms with E-state index in [1.807, 2.05) is 0 Å². The molecule has 2 heteroatoms. The molecule has 0 spiro atoms. The zero-order chi connectivity index (χ0) is 32.1. The molecule has 0 aliphatic rings. The first-order chi connectivity index (χ1) is 22.1. The maximum atomic E-state index is 5.55. The van der Waals surface area contributed by atoms with Crippen LogP contribution in [0.2, 0.25) is 0 Å². The van der Waals surface area contributed by atoms with E-state index in [0.717, 1.165) is 33.2 Å². The molecule has 0 saturated carbocycles. The molecule has 0 unspecified atom stereocenters. The van der Waals surface area contributed by atoms with Gasteiger partial charge in [-0.05, 0) is 59.4 Å². The molecule has 2 heterocycles. The number of nitrogens with zero attached hydrogens (tertiary/aromatic N) is 2. The van der Waals surface area contributed by atoms with Crippen molar-refractivity contribution < 1.29 is 0 Å². The fraction of sp³-hybridized carbons (Fsp3) is 0.182. The van der Waals surface area contributed by atoms with Crippen LogP contribution in [-0.4, -0.2) is 9.97 Å². The summed E-state index contributed by atoms with van der Waals surface area (Å²) in [4.78, 5) is 11.1. The summed E-state index contributed by atoms with van der Waals surface area (Å²) >= 11 is 0. The van der Waals surface area contributed by atoms with Gasteiger partial charge in [0, 0.05) is 21.6 Å². The first-order valence-corrected chi connectivity index (χ1v) is 16.2. The van der Waals surface area contributed by atoms with Gasteiger partial charge in [0.15, 0.2) is 0 Å². The third-order valence-electron chi connectivity index (χ3n) is 9.69. The molecule has 5 aromatic carbocycles. The highest BCUT2D eigenvalue weighted by atomic mass is 14.8. The standard InChI is InChI=1S/C44H40N2/c1-29-15-13-21-33(25-29)43(3,4)39-27-37(31-17-9-7-10-18-31)35-23-24-36-38(32-19-11-8-12-20-32)28-40(46-42(36)41(35)45-39)44(5,6)34-22-14-16-30(2)26-34/h7-28H,1-6H3. The molecule has 0 fully saturated rings. The van der Waals surface area contributed by atoms with Gasteiger partial charge < -0.3 is 0 Å². The summed E-state index contributed by atoms with van der Waals surface area (Å²) in [6, 6.07) is 48.1. The van der Waals surface area contributed by atoms with E-state index in [1.54, 1.807) is 0 Å². The van der Waals surface area contributed by atoms with Crippen molar-refractivity contribution in [1.82, 2.24) is 9.97 Å². The summed E-state index contributed by atoms with van der Waals surface area (Å²) in [5.41, 5.74) is 13.0. The Bertz CT molecular complexity index is 2050. The highest BCUT2D eigenvalue weighted by molar-refractivity contribution is 6.12. The van der Waals surface area contributed by atoms with Crippen molar-refractivity contribution in [1.29, 1.82) is 0 Å². The van der Waals surface area contributed by atoms with Gasteiger partial charge in [0.1, 0.15) is 0 Å². The van der Waals surface area contributed by atoms with Gasteiger partial charge in [0.05, 0.1) is 22.4 Å². The predicted octanol–water partition coefficient (Wildman–Crippen LogP) is 11.4. The smallest absolute Gasteiger partial charge is 0.0974 e. The van der Waals surface area contributed by atoms with Crippen molar-refractivity contribution in [3.8, 4) is 22.3 Å². The quantitative estimate of drug-likeness (QED) is 0.178. The maximum Gasteiger partial charge on any atom is 0.0974 e. The Labute approximate surface area is 272 Å². The molecule has 226 valence electrons. The van der Waals surface area contributed by atoms with Crippen LogP contribution in [0.4, 0.5) is 0 Å². The van der Waals surface area contributed by atoms with Crippen LogP contribution in [0, 0.1) is 13.8 Å². The van der Waals surface area contributed by atoms with Crippen molar-refractivity contribution in [3.63, 3.8) is 0 Å². The molecule has 0 N–H and O–H groups in total. The Balaban J connectivity index is 1.60. The van der Waals surface area contributed by atoms with E-state index in [9.17, 15) is 0 Å². The summed E-state index contributed by atoms with van der Waals surface area (Å²) in [6.45, 7) is 13.4. The highest BCUT2D eigenvalue weighted by Gasteiger charge is 2.29. The molecular weight excluding hydrogens is 556 g/mol. The SMILES string of the molecule is Cc1cccc(C(C)(C)c2cc(-c3ccccc3)c3ccc4c(-c5ccccc5)cc(C(C)(C)c5cccc(C)c5)nc4c3n2)c1. The molecule has 2 nitrogen and oxygen atoms in total. The maximum absolute atomic E-state index is 5.55. The van der Waals surface area contributed by atoms with Gasteiger partial charge in [-0.25, -0.2) is 9.97 Å². The molecule has 0 radical (unpaired) electrons. The second-order valence-electron chi connectivity index (χ2n) is 13.7. The number of aromatic nitrogens is 2. The molecule has 0 saturated heterocycles. The van der Waals surface area contributed by atoms with Gasteiger partial charge in [0.2, 0.25) is 0 Å². The lowest BCUT2D eigenvalue weighted by atomic mass is 9.79. The second-order valence-corrected chi connectivity index (χ2v) is 13.7. The van der Waals surface area contributed by atoms with Gasteiger partial charge in [-0.15, -0.1) is 0 Å². The fourth-order valence-corrected chi connectivity index (χ4v) is 6.69. The average molecular weight is 597 g/mol. The number of pyridine rings is 2. The van der Waals surface area contributed by atoms with Gasteiger partial charge in [0.25, 0.3) is 0 Å². The van der Waals surface area contributed by atoms with Crippen molar-refractivity contribution in [2.24, 2.45) is 0 Å². The van der Waals surface area contributed by atoms with Crippen molar-refractivity contribution in [2.75, 3.05) is 0 Å². The van der Waals surface area contributed by atoms with Crippen LogP contribution in [-0.2, 0) is 10.8 Å². The second kappa shape index (κ2) is 11.4. The van der Waals surface area contributed by atoms with Crippen LogP contribution >= 0.6 is 0 Å². The van der Waals surface area contributed by atoms with Crippen LogP contribution in [0.5, 0.6) is 0 Å². The normalized spacial score (nSPS) is 12.1. The molecule has 7 rings (SSSR count). The van der Waals surface area contributed by atoms with Crippen molar-refractivity contribution in [3.05, 3.63) is 167 Å². The molecule has 2 aromatic heterocycles. The molecule has 0 aliphatic heterocycles. The van der Waals surface area contributed by atoms with Gasteiger partial charge in [-0.2, -0.15) is 0 Å². The lowest BCUT2D eigenvalue weighted by molar-refractivity contribution is 0.618. The van der Waals surface area contributed by atoms with E-state index in [4.69, 9.17) is 9.97 Å². The third kappa shape index (κ3) is 5.18. The summed E-state index contributed by atoms with van der Waals surface area (Å²) in [7, 11) is 0. The first kappa shape index (κ1) is 29.6. The number of hydrogen-bond acceptors (Lipinski definition) is 2. The van der Waals surface area contributed by atoms with E-state index in [-0.39, 0.29) is 10.8 Å². The van der Waals surface area contributed by atoms with Crippen LogP contribution in [0.1, 0.15) is 61.3 Å². The highest BCUT2D eigenvalue weighted by Crippen LogP contribution is 2.42. The molecule has 0 atom stereocenters. The third-order valence-corrected chi connectivity index (χ3v) is 9.69. The van der Waals surface area contributed by atoms with Crippen LogP contribution < -0.4 is 0 Å². The van der Waals surface area contributed by atoms with Gasteiger partial charge in [-0.1, -0.05) is 160 Å². The Kier molecular flexibility index (Phi) is 7.32. The van der Waals surface area contributed by atoms with Gasteiger partial charge >= 0.3 is 0 Å². The Morgan fingerprint density at radius 2 is 0.804 bits per heavy atom. The summed E-state index contributed by atoms with van der Waals surface area (Å²) in [5.74, 6) is 0. The number of aryl methyl sites for hydroxylation is 2. The lowest BCUT2D eigenvalue weighted by Crippen LogP contribution is -2.22. The minimum Gasteiger partial charge on any atom is -0.250 e. The van der Waals surface area contributed by atoms with Crippen LogP contribution in [0.3, 0.4) is 0 Å². The zero-order valence-corrected chi connectivity index (χ0v) is 27.6. The Morgan fingerprint density at radius 3 is 1.17 bits per heavy atom. The van der Waals surface area contributed by atoms with Crippen molar-refractivity contribution >= 4 is 21.8 Å². The summed E-state index contributed by atoms with van der Waals surface area (Å²) in [5, 5.41) is 2.22. The minimum atomic E-state index is -0.327. The number of hydrogen-bond donors (Lipinski definition) is 0. The first-order valence-electron chi connectivity index (χ1n) is 16.2. The van der Waals surface area contributed by atoms with E-state index in [1.165, 1.54) is 44.5 Å². The van der Waals surface area contributed by atoms with Crippen LogP contribution in [0.25, 0.3) is 44.1 Å². The molecule has 0 aliphatic carbocycles. The van der Waals surface area contributed by atoms with Gasteiger partial charge in [-0.3, -0.25) is 0 Å². The lowest BCUT2D eigenvalue weighted by Gasteiger charge is -2.28. The van der Waals surface area contributed by atoms with Crippen LogP contribution in [0.15, 0.2) is 133 Å². The summed E-state index contributed by atoms with van der Waals surface area (Å²) in [6.07, 6.45) is 0. The zero-order valence-electron chi connectivity index (χ0n) is 27.6. The predicted molar refractivity (Wildman–Crippen MR) is 195 cm³/mol. The molecule has 0 bridgehead atoms. The topological polar surface area (TPSA) is 25.8 Å². The molecular formula is C44H40N2.